The molecule has 3 aromatic rings. The average Bonchev–Trinajstić information content (AvgIpc) is 2.88. The second-order valence-corrected chi connectivity index (χ2v) is 8.14. The van der Waals surface area contributed by atoms with E-state index in [9.17, 15) is 14.0 Å². The Morgan fingerprint density at radius 3 is 2.24 bits per heavy atom. The molecule has 1 aliphatic rings. The third kappa shape index (κ3) is 5.73. The molecule has 0 atom stereocenters. The van der Waals surface area contributed by atoms with Crippen molar-refractivity contribution in [3.8, 4) is 5.75 Å². The van der Waals surface area contributed by atoms with E-state index in [2.05, 4.69) is 17.1 Å². The van der Waals surface area contributed by atoms with Crippen molar-refractivity contribution in [1.29, 1.82) is 0 Å². The smallest absolute Gasteiger partial charge is 0.262 e. The van der Waals surface area contributed by atoms with Crippen molar-refractivity contribution in [3.63, 3.8) is 0 Å². The number of rotatable bonds is 7. The Labute approximate surface area is 198 Å². The van der Waals surface area contributed by atoms with Crippen LogP contribution in [0.3, 0.4) is 0 Å². The molecule has 0 aliphatic carbocycles. The summed E-state index contributed by atoms with van der Waals surface area (Å²) in [6.45, 7) is 4.35. The van der Waals surface area contributed by atoms with E-state index in [4.69, 9.17) is 4.74 Å². The standard InChI is InChI=1S/C27H28FN3O3/c1-2-20-7-13-23(14-8-20)34-19-26(32)29-21-9-11-22(12-10-21)30-15-17-31(18-16-30)27(33)24-5-3-4-6-25(24)28/h3-14H,2,15-19H2,1H3,(H,29,32). The molecule has 0 radical (unpaired) electrons. The van der Waals surface area contributed by atoms with Gasteiger partial charge in [-0.3, -0.25) is 9.59 Å². The summed E-state index contributed by atoms with van der Waals surface area (Å²) in [5.74, 6) is -0.338. The zero-order chi connectivity index (χ0) is 23.9. The molecule has 1 aliphatic heterocycles. The molecule has 34 heavy (non-hydrogen) atoms. The molecule has 6 nitrogen and oxygen atoms in total. The van der Waals surface area contributed by atoms with Gasteiger partial charge in [0.1, 0.15) is 11.6 Å². The van der Waals surface area contributed by atoms with E-state index >= 15 is 0 Å². The lowest BCUT2D eigenvalue weighted by Crippen LogP contribution is -2.49. The number of nitrogens with one attached hydrogen (secondary N) is 1. The van der Waals surface area contributed by atoms with Crippen molar-refractivity contribution in [2.45, 2.75) is 13.3 Å². The van der Waals surface area contributed by atoms with E-state index in [1.54, 1.807) is 17.0 Å². The normalized spacial score (nSPS) is 13.5. The predicted octanol–water partition coefficient (Wildman–Crippen LogP) is 4.37. The number of benzene rings is 3. The van der Waals surface area contributed by atoms with Gasteiger partial charge in [0.2, 0.25) is 0 Å². The Balaban J connectivity index is 1.25. The summed E-state index contributed by atoms with van der Waals surface area (Å²) in [5, 5.41) is 2.84. The molecule has 0 spiro atoms. The maximum Gasteiger partial charge on any atom is 0.262 e. The van der Waals surface area contributed by atoms with Crippen molar-refractivity contribution in [2.75, 3.05) is 43.0 Å². The lowest BCUT2D eigenvalue weighted by Gasteiger charge is -2.36. The Kier molecular flexibility index (Phi) is 7.42. The van der Waals surface area contributed by atoms with E-state index in [0.29, 0.717) is 37.6 Å². The van der Waals surface area contributed by atoms with Gasteiger partial charge in [-0.05, 0) is 60.5 Å². The summed E-state index contributed by atoms with van der Waals surface area (Å²) < 4.78 is 19.5. The minimum absolute atomic E-state index is 0.0643. The van der Waals surface area contributed by atoms with Crippen LogP contribution in [0.5, 0.6) is 5.75 Å². The van der Waals surface area contributed by atoms with Crippen LogP contribution in [-0.2, 0) is 11.2 Å². The first-order valence-electron chi connectivity index (χ1n) is 11.4. The lowest BCUT2D eigenvalue weighted by atomic mass is 10.1. The number of carbonyl (C=O) groups is 2. The number of aryl methyl sites for hydroxylation is 1. The second-order valence-electron chi connectivity index (χ2n) is 8.14. The Hall–Kier alpha value is -3.87. The molecule has 0 aromatic heterocycles. The highest BCUT2D eigenvalue weighted by Gasteiger charge is 2.24. The Morgan fingerprint density at radius 1 is 0.912 bits per heavy atom. The maximum atomic E-state index is 13.9. The molecule has 1 heterocycles. The summed E-state index contributed by atoms with van der Waals surface area (Å²) in [7, 11) is 0. The minimum Gasteiger partial charge on any atom is -0.484 e. The monoisotopic (exact) mass is 461 g/mol. The zero-order valence-electron chi connectivity index (χ0n) is 19.2. The molecule has 176 valence electrons. The van der Waals surface area contributed by atoms with Crippen LogP contribution in [0.25, 0.3) is 0 Å². The van der Waals surface area contributed by atoms with Gasteiger partial charge in [0.25, 0.3) is 11.8 Å². The number of hydrogen-bond donors (Lipinski definition) is 1. The van der Waals surface area contributed by atoms with Crippen LogP contribution in [0.1, 0.15) is 22.8 Å². The van der Waals surface area contributed by atoms with Gasteiger partial charge in [-0.15, -0.1) is 0 Å². The first kappa shape index (κ1) is 23.3. The number of hydrogen-bond acceptors (Lipinski definition) is 4. The van der Waals surface area contributed by atoms with Crippen molar-refractivity contribution < 1.29 is 18.7 Å². The summed E-state index contributed by atoms with van der Waals surface area (Å²) >= 11 is 0. The van der Waals surface area contributed by atoms with Crippen molar-refractivity contribution in [1.82, 2.24) is 4.90 Å². The van der Waals surface area contributed by atoms with Crippen LogP contribution in [0.4, 0.5) is 15.8 Å². The van der Waals surface area contributed by atoms with Gasteiger partial charge < -0.3 is 19.9 Å². The van der Waals surface area contributed by atoms with Gasteiger partial charge in [0.05, 0.1) is 5.56 Å². The fraction of sp³-hybridized carbons (Fsp3) is 0.259. The zero-order valence-corrected chi connectivity index (χ0v) is 19.2. The van der Waals surface area contributed by atoms with E-state index in [1.165, 1.54) is 17.7 Å². The average molecular weight is 462 g/mol. The van der Waals surface area contributed by atoms with Crippen molar-refractivity contribution >= 4 is 23.2 Å². The summed E-state index contributed by atoms with van der Waals surface area (Å²) in [4.78, 5) is 28.7. The van der Waals surface area contributed by atoms with Crippen LogP contribution >= 0.6 is 0 Å². The number of nitrogens with zero attached hydrogens (tertiary/aromatic N) is 2. The molecule has 1 fully saturated rings. The SMILES string of the molecule is CCc1ccc(OCC(=O)Nc2ccc(N3CCN(C(=O)c4ccccc4F)CC3)cc2)cc1. The molecule has 0 unspecified atom stereocenters. The third-order valence-electron chi connectivity index (χ3n) is 5.89. The lowest BCUT2D eigenvalue weighted by molar-refractivity contribution is -0.118. The minimum atomic E-state index is -0.493. The highest BCUT2D eigenvalue weighted by Crippen LogP contribution is 2.21. The van der Waals surface area contributed by atoms with Crippen LogP contribution < -0.4 is 15.0 Å². The molecule has 7 heteroatoms. The Morgan fingerprint density at radius 2 is 1.59 bits per heavy atom. The van der Waals surface area contributed by atoms with Crippen LogP contribution in [0.2, 0.25) is 0 Å². The molecule has 1 saturated heterocycles. The number of anilines is 2. The summed E-state index contributed by atoms with van der Waals surface area (Å²) in [6, 6.07) is 21.3. The van der Waals surface area contributed by atoms with E-state index < -0.39 is 5.82 Å². The molecule has 3 aromatic carbocycles. The van der Waals surface area contributed by atoms with Crippen LogP contribution in [-0.4, -0.2) is 49.5 Å². The van der Waals surface area contributed by atoms with Crippen molar-refractivity contribution in [3.05, 3.63) is 89.7 Å². The molecular formula is C27H28FN3O3. The van der Waals surface area contributed by atoms with E-state index in [0.717, 1.165) is 12.1 Å². The molecule has 1 N–H and O–H groups in total. The number of piperazine rings is 1. The molecule has 2 amide bonds. The third-order valence-corrected chi connectivity index (χ3v) is 5.89. The van der Waals surface area contributed by atoms with Crippen molar-refractivity contribution in [2.24, 2.45) is 0 Å². The number of amides is 2. The fourth-order valence-corrected chi connectivity index (χ4v) is 3.90. The summed E-state index contributed by atoms with van der Waals surface area (Å²) in [6.07, 6.45) is 0.957. The molecule has 4 rings (SSSR count). The highest BCUT2D eigenvalue weighted by molar-refractivity contribution is 5.94. The van der Waals surface area contributed by atoms with Gasteiger partial charge in [-0.2, -0.15) is 0 Å². The first-order valence-corrected chi connectivity index (χ1v) is 11.4. The largest absolute Gasteiger partial charge is 0.484 e. The number of halogens is 1. The van der Waals surface area contributed by atoms with Gasteiger partial charge >= 0.3 is 0 Å². The molecular weight excluding hydrogens is 433 g/mol. The second kappa shape index (κ2) is 10.8. The quantitative estimate of drug-likeness (QED) is 0.568. The predicted molar refractivity (Wildman–Crippen MR) is 131 cm³/mol. The molecule has 0 bridgehead atoms. The molecule has 0 saturated carbocycles. The fourth-order valence-electron chi connectivity index (χ4n) is 3.90. The van der Waals surface area contributed by atoms with Crippen LogP contribution in [0, 0.1) is 5.82 Å². The van der Waals surface area contributed by atoms with E-state index in [1.807, 2.05) is 48.5 Å². The van der Waals surface area contributed by atoms with Gasteiger partial charge in [-0.1, -0.05) is 31.2 Å². The number of ether oxygens (including phenoxy) is 1. The Bertz CT molecular complexity index is 1120. The topological polar surface area (TPSA) is 61.9 Å². The highest BCUT2D eigenvalue weighted by atomic mass is 19.1. The van der Waals surface area contributed by atoms with Gasteiger partial charge in [-0.25, -0.2) is 4.39 Å². The van der Waals surface area contributed by atoms with Gasteiger partial charge in [0.15, 0.2) is 6.61 Å². The van der Waals surface area contributed by atoms with Gasteiger partial charge in [0, 0.05) is 37.6 Å². The maximum absolute atomic E-state index is 13.9. The number of carbonyl (C=O) groups excluding carboxylic acids is 2. The van der Waals surface area contributed by atoms with Crippen LogP contribution in [0.15, 0.2) is 72.8 Å². The first-order chi connectivity index (χ1) is 16.5. The van der Waals surface area contributed by atoms with E-state index in [-0.39, 0.29) is 24.0 Å². The summed E-state index contributed by atoms with van der Waals surface area (Å²) in [5.41, 5.74) is 3.02.